The van der Waals surface area contributed by atoms with Gasteiger partial charge >= 0.3 is 0 Å². The van der Waals surface area contributed by atoms with E-state index in [9.17, 15) is 0 Å². The molecule has 0 spiro atoms. The lowest BCUT2D eigenvalue weighted by Gasteiger charge is -2.02. The third-order valence-electron chi connectivity index (χ3n) is 1.49. The van der Waals surface area contributed by atoms with Crippen molar-refractivity contribution in [1.82, 2.24) is 9.97 Å². The van der Waals surface area contributed by atoms with Crippen LogP contribution in [-0.2, 0) is 0 Å². The summed E-state index contributed by atoms with van der Waals surface area (Å²) in [6.45, 7) is 2.77. The number of rotatable bonds is 4. The maximum absolute atomic E-state index is 8.43. The van der Waals surface area contributed by atoms with Crippen molar-refractivity contribution in [2.45, 2.75) is 19.8 Å². The summed E-state index contributed by atoms with van der Waals surface area (Å²) in [6, 6.07) is 1.84. The second-order valence-corrected chi connectivity index (χ2v) is 2.56. The van der Waals surface area contributed by atoms with Crippen molar-refractivity contribution < 1.29 is 4.74 Å². The molecule has 4 nitrogen and oxygen atoms in total. The molecule has 0 aliphatic heterocycles. The van der Waals surface area contributed by atoms with Crippen molar-refractivity contribution in [3.8, 4) is 11.8 Å². The maximum atomic E-state index is 8.43. The first-order valence-corrected chi connectivity index (χ1v) is 4.21. The molecule has 1 heterocycles. The van der Waals surface area contributed by atoms with E-state index in [0.29, 0.717) is 12.4 Å². The fourth-order valence-electron chi connectivity index (χ4n) is 0.783. The Bertz CT molecular complexity index is 289. The number of aromatic nitrogens is 2. The Morgan fingerprint density at radius 3 is 2.69 bits per heavy atom. The second-order valence-electron chi connectivity index (χ2n) is 2.56. The van der Waals surface area contributed by atoms with E-state index in [-0.39, 0.29) is 5.82 Å². The number of nitriles is 1. The predicted molar refractivity (Wildman–Crippen MR) is 47.2 cm³/mol. The molecule has 0 N–H and O–H groups in total. The fraction of sp³-hybridized carbons (Fsp3) is 0.444. The van der Waals surface area contributed by atoms with Crippen LogP contribution >= 0.6 is 0 Å². The van der Waals surface area contributed by atoms with Gasteiger partial charge in [0.15, 0.2) is 5.75 Å². The van der Waals surface area contributed by atoms with Gasteiger partial charge in [-0.1, -0.05) is 13.3 Å². The van der Waals surface area contributed by atoms with Crippen LogP contribution in [0.1, 0.15) is 25.6 Å². The minimum absolute atomic E-state index is 0.169. The molecule has 0 saturated carbocycles. The van der Waals surface area contributed by atoms with Crippen molar-refractivity contribution in [2.24, 2.45) is 0 Å². The van der Waals surface area contributed by atoms with Gasteiger partial charge in [0.2, 0.25) is 5.82 Å². The molecule has 13 heavy (non-hydrogen) atoms. The van der Waals surface area contributed by atoms with Gasteiger partial charge in [0.05, 0.1) is 19.0 Å². The molecule has 0 aliphatic rings. The summed E-state index contributed by atoms with van der Waals surface area (Å²) >= 11 is 0. The standard InChI is InChI=1S/C9H11N3O/c1-2-3-4-13-8-6-11-9(5-10)12-7-8/h6-7H,2-4H2,1H3. The number of ether oxygens (including phenoxy) is 1. The van der Waals surface area contributed by atoms with Gasteiger partial charge < -0.3 is 4.74 Å². The van der Waals surface area contributed by atoms with Crippen molar-refractivity contribution in [1.29, 1.82) is 5.26 Å². The van der Waals surface area contributed by atoms with E-state index in [4.69, 9.17) is 10.00 Å². The average molecular weight is 177 g/mol. The van der Waals surface area contributed by atoms with Gasteiger partial charge in [0.25, 0.3) is 0 Å². The molecule has 0 aliphatic carbocycles. The fourth-order valence-corrected chi connectivity index (χ4v) is 0.783. The molecule has 0 atom stereocenters. The van der Waals surface area contributed by atoms with Crippen LogP contribution in [0.2, 0.25) is 0 Å². The summed E-state index contributed by atoms with van der Waals surface area (Å²) in [6.07, 6.45) is 5.14. The molecule has 1 aromatic rings. The monoisotopic (exact) mass is 177 g/mol. The summed E-state index contributed by atoms with van der Waals surface area (Å²) in [4.78, 5) is 7.56. The molecule has 0 fully saturated rings. The molecule has 0 radical (unpaired) electrons. The first-order chi connectivity index (χ1) is 6.36. The quantitative estimate of drug-likeness (QED) is 0.654. The molecule has 4 heteroatoms. The predicted octanol–water partition coefficient (Wildman–Crippen LogP) is 1.53. The Morgan fingerprint density at radius 2 is 2.15 bits per heavy atom. The lowest BCUT2D eigenvalue weighted by Crippen LogP contribution is -1.98. The summed E-state index contributed by atoms with van der Waals surface area (Å²) in [7, 11) is 0. The lowest BCUT2D eigenvalue weighted by molar-refractivity contribution is 0.307. The zero-order chi connectivity index (χ0) is 9.52. The van der Waals surface area contributed by atoms with E-state index < -0.39 is 0 Å². The Kier molecular flexibility index (Phi) is 3.71. The van der Waals surface area contributed by atoms with Gasteiger partial charge in [-0.15, -0.1) is 0 Å². The number of hydrogen-bond acceptors (Lipinski definition) is 4. The summed E-state index contributed by atoms with van der Waals surface area (Å²) in [5, 5.41) is 8.43. The van der Waals surface area contributed by atoms with Gasteiger partial charge in [-0.25, -0.2) is 9.97 Å². The zero-order valence-corrected chi connectivity index (χ0v) is 7.53. The average Bonchev–Trinajstić information content (AvgIpc) is 2.19. The first kappa shape index (κ1) is 9.46. The van der Waals surface area contributed by atoms with E-state index >= 15 is 0 Å². The third kappa shape index (κ3) is 3.08. The van der Waals surface area contributed by atoms with Gasteiger partial charge in [-0.05, 0) is 6.42 Å². The number of nitrogens with zero attached hydrogens (tertiary/aromatic N) is 3. The molecule has 1 rings (SSSR count). The van der Waals surface area contributed by atoms with Crippen molar-refractivity contribution in [3.63, 3.8) is 0 Å². The Morgan fingerprint density at radius 1 is 1.46 bits per heavy atom. The Hall–Kier alpha value is -1.63. The van der Waals surface area contributed by atoms with Crippen LogP contribution in [0.4, 0.5) is 0 Å². The number of hydrogen-bond donors (Lipinski definition) is 0. The Labute approximate surface area is 77.2 Å². The van der Waals surface area contributed by atoms with E-state index in [1.54, 1.807) is 0 Å². The van der Waals surface area contributed by atoms with E-state index in [1.165, 1.54) is 12.4 Å². The van der Waals surface area contributed by atoms with Gasteiger partial charge in [0.1, 0.15) is 6.07 Å². The second kappa shape index (κ2) is 5.09. The lowest BCUT2D eigenvalue weighted by atomic mass is 10.4. The summed E-state index contributed by atoms with van der Waals surface area (Å²) in [5.41, 5.74) is 0. The SMILES string of the molecule is CCCCOc1cnc(C#N)nc1. The highest BCUT2D eigenvalue weighted by molar-refractivity contribution is 5.17. The largest absolute Gasteiger partial charge is 0.490 e. The molecular formula is C9H11N3O. The molecular weight excluding hydrogens is 166 g/mol. The molecule has 1 aromatic heterocycles. The summed E-state index contributed by atoms with van der Waals surface area (Å²) in [5.74, 6) is 0.787. The number of unbranched alkanes of at least 4 members (excludes halogenated alkanes) is 1. The van der Waals surface area contributed by atoms with Crippen LogP contribution in [0.5, 0.6) is 5.75 Å². The van der Waals surface area contributed by atoms with Gasteiger partial charge in [-0.2, -0.15) is 5.26 Å². The maximum Gasteiger partial charge on any atom is 0.232 e. The van der Waals surface area contributed by atoms with Crippen LogP contribution in [0, 0.1) is 11.3 Å². The van der Waals surface area contributed by atoms with Crippen LogP contribution in [-0.4, -0.2) is 16.6 Å². The van der Waals surface area contributed by atoms with Crippen LogP contribution in [0.15, 0.2) is 12.4 Å². The highest BCUT2D eigenvalue weighted by Gasteiger charge is 1.95. The zero-order valence-electron chi connectivity index (χ0n) is 7.53. The van der Waals surface area contributed by atoms with E-state index in [1.807, 2.05) is 6.07 Å². The Balaban J connectivity index is 2.46. The molecule has 0 bridgehead atoms. The molecule has 0 amide bonds. The molecule has 0 unspecified atom stereocenters. The molecule has 0 aromatic carbocycles. The van der Waals surface area contributed by atoms with Crippen molar-refractivity contribution in [3.05, 3.63) is 18.2 Å². The van der Waals surface area contributed by atoms with Gasteiger partial charge in [-0.3, -0.25) is 0 Å². The normalized spacial score (nSPS) is 9.23. The summed E-state index contributed by atoms with van der Waals surface area (Å²) < 4.78 is 5.31. The van der Waals surface area contributed by atoms with E-state index in [0.717, 1.165) is 12.8 Å². The van der Waals surface area contributed by atoms with Crippen LogP contribution in [0.3, 0.4) is 0 Å². The first-order valence-electron chi connectivity index (χ1n) is 4.21. The van der Waals surface area contributed by atoms with Crippen LogP contribution < -0.4 is 4.74 Å². The van der Waals surface area contributed by atoms with Crippen molar-refractivity contribution in [2.75, 3.05) is 6.61 Å². The molecule has 0 saturated heterocycles. The minimum Gasteiger partial charge on any atom is -0.490 e. The third-order valence-corrected chi connectivity index (χ3v) is 1.49. The van der Waals surface area contributed by atoms with Crippen LogP contribution in [0.25, 0.3) is 0 Å². The van der Waals surface area contributed by atoms with Crippen molar-refractivity contribution >= 4 is 0 Å². The smallest absolute Gasteiger partial charge is 0.232 e. The topological polar surface area (TPSA) is 58.8 Å². The highest BCUT2D eigenvalue weighted by Crippen LogP contribution is 2.06. The highest BCUT2D eigenvalue weighted by atomic mass is 16.5. The van der Waals surface area contributed by atoms with E-state index in [2.05, 4.69) is 16.9 Å². The molecule has 68 valence electrons. The minimum atomic E-state index is 0.169. The van der Waals surface area contributed by atoms with Gasteiger partial charge in [0, 0.05) is 0 Å².